The molecule has 2 N–H and O–H groups in total. The zero-order valence-electron chi connectivity index (χ0n) is 15.4. The van der Waals surface area contributed by atoms with Gasteiger partial charge in [-0.1, -0.05) is 24.4 Å². The van der Waals surface area contributed by atoms with E-state index in [2.05, 4.69) is 4.98 Å². The molecule has 0 radical (unpaired) electrons. The number of aromatic nitrogens is 1. The largest absolute Gasteiger partial charge is 0.436 e. The average molecular weight is 398 g/mol. The minimum absolute atomic E-state index is 0.225. The van der Waals surface area contributed by atoms with Gasteiger partial charge in [-0.05, 0) is 49.2 Å². The summed E-state index contributed by atoms with van der Waals surface area (Å²) in [4.78, 5) is 30.9. The molecule has 2 aromatic carbocycles. The predicted octanol–water partition coefficient (Wildman–Crippen LogP) is 4.02. The second-order valence-corrected chi connectivity index (χ2v) is 7.61. The molecule has 6 nitrogen and oxygen atoms in total. The summed E-state index contributed by atoms with van der Waals surface area (Å²) in [5.41, 5.74) is 7.29. The van der Waals surface area contributed by atoms with Gasteiger partial charge in [0.05, 0.1) is 0 Å². The van der Waals surface area contributed by atoms with Crippen LogP contribution in [0.4, 0.5) is 0 Å². The van der Waals surface area contributed by atoms with Crippen LogP contribution in [0, 0.1) is 0 Å². The first-order valence-electron chi connectivity index (χ1n) is 9.15. The van der Waals surface area contributed by atoms with Gasteiger partial charge in [0.15, 0.2) is 5.58 Å². The Labute approximate surface area is 167 Å². The molecule has 7 heteroatoms. The number of nitrogens with two attached hydrogens (primary N) is 1. The van der Waals surface area contributed by atoms with Gasteiger partial charge < -0.3 is 15.1 Å². The van der Waals surface area contributed by atoms with Crippen molar-refractivity contribution in [1.82, 2.24) is 9.88 Å². The van der Waals surface area contributed by atoms with E-state index in [1.54, 1.807) is 49.5 Å². The van der Waals surface area contributed by atoms with Crippen molar-refractivity contribution >= 4 is 34.5 Å². The minimum Gasteiger partial charge on any atom is -0.436 e. The molecule has 28 heavy (non-hydrogen) atoms. The van der Waals surface area contributed by atoms with Crippen LogP contribution in [0.3, 0.4) is 0 Å². The number of carbonyl (C=O) groups is 2. The highest BCUT2D eigenvalue weighted by Gasteiger charge is 2.45. The fraction of sp³-hybridized carbons (Fsp3) is 0.286. The fourth-order valence-electron chi connectivity index (χ4n) is 3.87. The fourth-order valence-corrected chi connectivity index (χ4v) is 4.03. The van der Waals surface area contributed by atoms with Crippen molar-refractivity contribution in [2.75, 3.05) is 7.05 Å². The van der Waals surface area contributed by atoms with Crippen molar-refractivity contribution in [2.24, 2.45) is 5.73 Å². The van der Waals surface area contributed by atoms with E-state index in [1.165, 1.54) is 4.90 Å². The third kappa shape index (κ3) is 3.03. The molecule has 0 unspecified atom stereocenters. The van der Waals surface area contributed by atoms with Crippen LogP contribution in [0.15, 0.2) is 46.9 Å². The van der Waals surface area contributed by atoms with Gasteiger partial charge in [-0.2, -0.15) is 0 Å². The van der Waals surface area contributed by atoms with Crippen molar-refractivity contribution < 1.29 is 14.0 Å². The first-order valence-corrected chi connectivity index (χ1v) is 9.53. The van der Waals surface area contributed by atoms with Gasteiger partial charge >= 0.3 is 0 Å². The summed E-state index contributed by atoms with van der Waals surface area (Å²) in [6.45, 7) is 0. The summed E-state index contributed by atoms with van der Waals surface area (Å²) in [7, 11) is 1.65. The number of amides is 2. The van der Waals surface area contributed by atoms with Crippen LogP contribution in [0.2, 0.25) is 5.02 Å². The van der Waals surface area contributed by atoms with Gasteiger partial charge in [0.25, 0.3) is 5.91 Å². The second kappa shape index (κ2) is 6.95. The van der Waals surface area contributed by atoms with Crippen LogP contribution in [0.1, 0.15) is 36.0 Å². The number of benzene rings is 2. The molecular formula is C21H20ClN3O3. The summed E-state index contributed by atoms with van der Waals surface area (Å²) in [6, 6.07) is 12.2. The molecular weight excluding hydrogens is 378 g/mol. The number of fused-ring (bicyclic) bond motifs is 1. The Morgan fingerprint density at radius 3 is 2.46 bits per heavy atom. The zero-order valence-corrected chi connectivity index (χ0v) is 16.2. The highest BCUT2D eigenvalue weighted by molar-refractivity contribution is 6.31. The van der Waals surface area contributed by atoms with Crippen LogP contribution in [0.25, 0.3) is 22.6 Å². The van der Waals surface area contributed by atoms with Gasteiger partial charge in [-0.15, -0.1) is 0 Å². The second-order valence-electron chi connectivity index (χ2n) is 7.18. The summed E-state index contributed by atoms with van der Waals surface area (Å²) in [5.74, 6) is -0.215. The molecule has 1 aliphatic carbocycles. The Hall–Kier alpha value is -2.86. The molecule has 1 saturated carbocycles. The molecule has 1 heterocycles. The number of carbonyl (C=O) groups excluding carboxylic acids is 2. The molecule has 3 aromatic rings. The lowest BCUT2D eigenvalue weighted by molar-refractivity contribution is -0.127. The zero-order chi connectivity index (χ0) is 19.9. The first-order chi connectivity index (χ1) is 13.4. The van der Waals surface area contributed by atoms with E-state index in [0.717, 1.165) is 18.4 Å². The van der Waals surface area contributed by atoms with Crippen LogP contribution in [0.5, 0.6) is 0 Å². The molecule has 1 aliphatic rings. The lowest BCUT2D eigenvalue weighted by Crippen LogP contribution is -2.56. The lowest BCUT2D eigenvalue weighted by Gasteiger charge is -2.36. The maximum absolute atomic E-state index is 12.9. The molecule has 1 fully saturated rings. The van der Waals surface area contributed by atoms with Crippen molar-refractivity contribution in [1.29, 1.82) is 0 Å². The molecule has 0 saturated heterocycles. The topological polar surface area (TPSA) is 89.4 Å². The average Bonchev–Trinajstić information content (AvgIpc) is 3.34. The minimum atomic E-state index is -0.894. The van der Waals surface area contributed by atoms with Crippen molar-refractivity contribution in [3.8, 4) is 11.5 Å². The Morgan fingerprint density at radius 1 is 1.14 bits per heavy atom. The predicted molar refractivity (Wildman–Crippen MR) is 107 cm³/mol. The molecule has 1 aromatic heterocycles. The van der Waals surface area contributed by atoms with E-state index in [4.69, 9.17) is 21.8 Å². The standard InChI is InChI=1S/C21H20ClN3O3/c1-25(21(20(23)27)10-2-3-11-21)19(26)14-6-4-13(5-7-14)18-24-16-9-8-15(22)12-17(16)28-18/h4-9,12H,2-3,10-11H2,1H3,(H2,23,27). The highest BCUT2D eigenvalue weighted by Crippen LogP contribution is 2.35. The maximum Gasteiger partial charge on any atom is 0.254 e. The number of nitrogens with zero attached hydrogens (tertiary/aromatic N) is 2. The summed E-state index contributed by atoms with van der Waals surface area (Å²) in [5, 5.41) is 0.578. The van der Waals surface area contributed by atoms with Crippen LogP contribution in [-0.2, 0) is 4.79 Å². The SMILES string of the molecule is CN(C(=O)c1ccc(-c2nc3ccc(Cl)cc3o2)cc1)C1(C(N)=O)CCCC1. The Kier molecular flexibility index (Phi) is 4.59. The smallest absolute Gasteiger partial charge is 0.254 e. The number of rotatable bonds is 4. The molecule has 2 amide bonds. The van der Waals surface area contributed by atoms with Gasteiger partial charge in [0.2, 0.25) is 11.8 Å². The Bertz CT molecular complexity index is 1050. The van der Waals surface area contributed by atoms with Gasteiger partial charge in [-0.3, -0.25) is 9.59 Å². The van der Waals surface area contributed by atoms with E-state index >= 15 is 0 Å². The number of likely N-dealkylation sites (N-methyl/N-ethyl adjacent to an activating group) is 1. The molecule has 4 rings (SSSR count). The van der Waals surface area contributed by atoms with Gasteiger partial charge in [-0.25, -0.2) is 4.98 Å². The van der Waals surface area contributed by atoms with Crippen LogP contribution in [-0.4, -0.2) is 34.3 Å². The van der Waals surface area contributed by atoms with E-state index in [9.17, 15) is 9.59 Å². The first kappa shape index (κ1) is 18.5. The summed E-state index contributed by atoms with van der Waals surface area (Å²) >= 11 is 5.98. The van der Waals surface area contributed by atoms with E-state index in [1.807, 2.05) is 0 Å². The summed E-state index contributed by atoms with van der Waals surface area (Å²) in [6.07, 6.45) is 2.99. The Morgan fingerprint density at radius 2 is 1.82 bits per heavy atom. The number of halogens is 1. The normalized spacial score (nSPS) is 15.6. The molecule has 144 valence electrons. The lowest BCUT2D eigenvalue weighted by atomic mass is 9.93. The van der Waals surface area contributed by atoms with Crippen molar-refractivity contribution in [2.45, 2.75) is 31.2 Å². The molecule has 0 bridgehead atoms. The van der Waals surface area contributed by atoms with Crippen molar-refractivity contribution in [3.05, 3.63) is 53.1 Å². The van der Waals surface area contributed by atoms with Crippen LogP contribution >= 0.6 is 11.6 Å². The third-order valence-electron chi connectivity index (χ3n) is 5.57. The Balaban J connectivity index is 1.60. The molecule has 0 spiro atoms. The summed E-state index contributed by atoms with van der Waals surface area (Å²) < 4.78 is 5.76. The van der Waals surface area contributed by atoms with E-state index in [-0.39, 0.29) is 5.91 Å². The number of hydrogen-bond acceptors (Lipinski definition) is 4. The monoisotopic (exact) mass is 397 g/mol. The molecule has 0 aliphatic heterocycles. The van der Waals surface area contributed by atoms with Gasteiger partial charge in [0.1, 0.15) is 11.1 Å². The van der Waals surface area contributed by atoms with E-state index < -0.39 is 11.4 Å². The third-order valence-corrected chi connectivity index (χ3v) is 5.80. The van der Waals surface area contributed by atoms with E-state index in [0.29, 0.717) is 40.4 Å². The quantitative estimate of drug-likeness (QED) is 0.720. The highest BCUT2D eigenvalue weighted by atomic mass is 35.5. The van der Waals surface area contributed by atoms with Crippen molar-refractivity contribution in [3.63, 3.8) is 0 Å². The van der Waals surface area contributed by atoms with Crippen LogP contribution < -0.4 is 5.73 Å². The number of primary amides is 1. The number of hydrogen-bond donors (Lipinski definition) is 1. The maximum atomic E-state index is 12.9. The molecule has 0 atom stereocenters. The van der Waals surface area contributed by atoms with Gasteiger partial charge in [0, 0.05) is 29.3 Å². The number of oxazole rings is 1.